The molecule has 0 aromatic heterocycles. The zero-order valence-corrected chi connectivity index (χ0v) is 11.9. The maximum Gasteiger partial charge on any atom is 0.241 e. The van der Waals surface area contributed by atoms with Crippen molar-refractivity contribution in [1.29, 1.82) is 0 Å². The van der Waals surface area contributed by atoms with Gasteiger partial charge in [0.1, 0.15) is 0 Å². The fourth-order valence-electron chi connectivity index (χ4n) is 2.06. The van der Waals surface area contributed by atoms with Gasteiger partial charge in [-0.15, -0.1) is 0 Å². The van der Waals surface area contributed by atoms with Crippen LogP contribution in [0.1, 0.15) is 19.4 Å². The van der Waals surface area contributed by atoms with Crippen molar-refractivity contribution >= 4 is 15.7 Å². The van der Waals surface area contributed by atoms with Crippen LogP contribution in [0.4, 0.5) is 5.69 Å². The van der Waals surface area contributed by atoms with Gasteiger partial charge in [0.25, 0.3) is 0 Å². The average molecular weight is 268 g/mol. The largest absolute Gasteiger partial charge is 0.313 e. The van der Waals surface area contributed by atoms with Crippen molar-refractivity contribution in [3.8, 4) is 0 Å². The number of nitrogens with one attached hydrogen (secondary N) is 1. The molecule has 1 heterocycles. The lowest BCUT2D eigenvalue weighted by atomic mass is 10.2. The van der Waals surface area contributed by atoms with Crippen molar-refractivity contribution in [3.63, 3.8) is 0 Å². The Kier molecular flexibility index (Phi) is 3.38. The van der Waals surface area contributed by atoms with Crippen LogP contribution in [0, 0.1) is 6.92 Å². The van der Waals surface area contributed by atoms with E-state index in [9.17, 15) is 8.42 Å². The SMILES string of the molecule is Cc1ccc(N2CCNCC(C)(C)S2(=O)=O)cc1. The third-order valence-corrected chi connectivity index (χ3v) is 5.87. The van der Waals surface area contributed by atoms with E-state index in [0.29, 0.717) is 19.6 Å². The number of hydrogen-bond acceptors (Lipinski definition) is 3. The minimum absolute atomic E-state index is 0.481. The first-order valence-electron chi connectivity index (χ1n) is 6.14. The summed E-state index contributed by atoms with van der Waals surface area (Å²) in [6.07, 6.45) is 0. The topological polar surface area (TPSA) is 49.4 Å². The summed E-state index contributed by atoms with van der Waals surface area (Å²) in [5.74, 6) is 0. The molecule has 1 saturated heterocycles. The smallest absolute Gasteiger partial charge is 0.241 e. The van der Waals surface area contributed by atoms with Gasteiger partial charge in [-0.05, 0) is 32.9 Å². The molecule has 4 nitrogen and oxygen atoms in total. The van der Waals surface area contributed by atoms with Crippen LogP contribution in [0.25, 0.3) is 0 Å². The Labute approximate surface area is 109 Å². The molecule has 1 aromatic carbocycles. The van der Waals surface area contributed by atoms with Crippen molar-refractivity contribution in [1.82, 2.24) is 5.32 Å². The van der Waals surface area contributed by atoms with Crippen LogP contribution >= 0.6 is 0 Å². The minimum atomic E-state index is -3.33. The standard InChI is InChI=1S/C13H20N2O2S/c1-11-4-6-12(7-5-11)15-9-8-14-10-13(2,3)18(15,16)17/h4-7,14H,8-10H2,1-3H3. The summed E-state index contributed by atoms with van der Waals surface area (Å²) in [7, 11) is -3.33. The van der Waals surface area contributed by atoms with E-state index in [2.05, 4.69) is 5.32 Å². The maximum atomic E-state index is 12.6. The van der Waals surface area contributed by atoms with E-state index in [-0.39, 0.29) is 0 Å². The van der Waals surface area contributed by atoms with Crippen LogP contribution in [0.2, 0.25) is 0 Å². The quantitative estimate of drug-likeness (QED) is 0.840. The number of nitrogens with zero attached hydrogens (tertiary/aromatic N) is 1. The first-order chi connectivity index (χ1) is 8.34. The van der Waals surface area contributed by atoms with Crippen LogP contribution in [0.5, 0.6) is 0 Å². The van der Waals surface area contributed by atoms with Crippen LogP contribution in [0.15, 0.2) is 24.3 Å². The normalized spacial score (nSPS) is 22.5. The summed E-state index contributed by atoms with van der Waals surface area (Å²) in [5, 5.41) is 3.18. The molecule has 1 aliphatic rings. The lowest BCUT2D eigenvalue weighted by Crippen LogP contribution is -2.46. The number of sulfonamides is 1. The Morgan fingerprint density at radius 1 is 1.22 bits per heavy atom. The van der Waals surface area contributed by atoms with Gasteiger partial charge in [-0.3, -0.25) is 4.31 Å². The lowest BCUT2D eigenvalue weighted by molar-refractivity contribution is 0.535. The molecule has 0 spiro atoms. The van der Waals surface area contributed by atoms with Crippen molar-refractivity contribution in [2.75, 3.05) is 23.9 Å². The van der Waals surface area contributed by atoms with Gasteiger partial charge in [0.15, 0.2) is 0 Å². The summed E-state index contributed by atoms with van der Waals surface area (Å²) in [4.78, 5) is 0. The molecule has 0 atom stereocenters. The molecule has 1 aliphatic heterocycles. The molecule has 0 amide bonds. The van der Waals surface area contributed by atoms with Crippen LogP contribution in [-0.2, 0) is 10.0 Å². The monoisotopic (exact) mass is 268 g/mol. The second-order valence-electron chi connectivity index (χ2n) is 5.35. The highest BCUT2D eigenvalue weighted by Gasteiger charge is 2.40. The van der Waals surface area contributed by atoms with Crippen LogP contribution < -0.4 is 9.62 Å². The molecular formula is C13H20N2O2S. The second-order valence-corrected chi connectivity index (χ2v) is 7.85. The average Bonchev–Trinajstić information content (AvgIpc) is 2.39. The third-order valence-electron chi connectivity index (χ3n) is 3.35. The first kappa shape index (κ1) is 13.4. The molecule has 2 rings (SSSR count). The molecule has 1 aromatic rings. The van der Waals surface area contributed by atoms with Crippen molar-refractivity contribution in [3.05, 3.63) is 29.8 Å². The van der Waals surface area contributed by atoms with E-state index >= 15 is 0 Å². The molecule has 0 bridgehead atoms. The number of anilines is 1. The fourth-order valence-corrected chi connectivity index (χ4v) is 3.67. The van der Waals surface area contributed by atoms with E-state index in [1.54, 1.807) is 13.8 Å². The lowest BCUT2D eigenvalue weighted by Gasteiger charge is -2.30. The third kappa shape index (κ3) is 2.24. The highest BCUT2D eigenvalue weighted by Crippen LogP contribution is 2.27. The maximum absolute atomic E-state index is 12.6. The Balaban J connectivity index is 2.45. The molecular weight excluding hydrogens is 248 g/mol. The van der Waals surface area contributed by atoms with E-state index in [1.165, 1.54) is 4.31 Å². The van der Waals surface area contributed by atoms with Gasteiger partial charge in [-0.1, -0.05) is 17.7 Å². The molecule has 0 aliphatic carbocycles. The highest BCUT2D eigenvalue weighted by atomic mass is 32.2. The van der Waals surface area contributed by atoms with Gasteiger partial charge in [-0.25, -0.2) is 8.42 Å². The summed E-state index contributed by atoms with van der Waals surface area (Å²) in [6.45, 7) is 7.17. The molecule has 18 heavy (non-hydrogen) atoms. The number of benzene rings is 1. The predicted molar refractivity (Wildman–Crippen MR) is 74.4 cm³/mol. The van der Waals surface area contributed by atoms with Crippen LogP contribution in [0.3, 0.4) is 0 Å². The van der Waals surface area contributed by atoms with Crippen LogP contribution in [-0.4, -0.2) is 32.8 Å². The van der Waals surface area contributed by atoms with Crippen molar-refractivity contribution in [2.45, 2.75) is 25.5 Å². The second kappa shape index (κ2) is 4.55. The van der Waals surface area contributed by atoms with E-state index in [1.807, 2.05) is 31.2 Å². The Morgan fingerprint density at radius 3 is 2.44 bits per heavy atom. The molecule has 0 unspecified atom stereocenters. The van der Waals surface area contributed by atoms with Crippen molar-refractivity contribution in [2.24, 2.45) is 0 Å². The van der Waals surface area contributed by atoms with Gasteiger partial charge in [0, 0.05) is 19.6 Å². The summed E-state index contributed by atoms with van der Waals surface area (Å²) < 4.78 is 26.0. The fraction of sp³-hybridized carbons (Fsp3) is 0.538. The van der Waals surface area contributed by atoms with E-state index in [0.717, 1.165) is 11.3 Å². The van der Waals surface area contributed by atoms with Gasteiger partial charge in [0.05, 0.1) is 10.4 Å². The molecule has 1 fully saturated rings. The van der Waals surface area contributed by atoms with Gasteiger partial charge < -0.3 is 5.32 Å². The van der Waals surface area contributed by atoms with Gasteiger partial charge in [-0.2, -0.15) is 0 Å². The number of hydrogen-bond donors (Lipinski definition) is 1. The molecule has 5 heteroatoms. The molecule has 0 saturated carbocycles. The number of aryl methyl sites for hydroxylation is 1. The summed E-state index contributed by atoms with van der Waals surface area (Å²) >= 11 is 0. The Hall–Kier alpha value is -1.07. The minimum Gasteiger partial charge on any atom is -0.313 e. The predicted octanol–water partition coefficient (Wildman–Crippen LogP) is 1.51. The van der Waals surface area contributed by atoms with Crippen molar-refractivity contribution < 1.29 is 8.42 Å². The molecule has 0 radical (unpaired) electrons. The zero-order chi connectivity index (χ0) is 13.4. The van der Waals surface area contributed by atoms with Gasteiger partial charge >= 0.3 is 0 Å². The summed E-state index contributed by atoms with van der Waals surface area (Å²) in [5.41, 5.74) is 1.88. The molecule has 100 valence electrons. The van der Waals surface area contributed by atoms with Gasteiger partial charge in [0.2, 0.25) is 10.0 Å². The molecule has 1 N–H and O–H groups in total. The Bertz CT molecular complexity index is 520. The van der Waals surface area contributed by atoms with E-state index in [4.69, 9.17) is 0 Å². The first-order valence-corrected chi connectivity index (χ1v) is 7.58. The summed E-state index contributed by atoms with van der Waals surface area (Å²) in [6, 6.07) is 7.62. The van der Waals surface area contributed by atoms with E-state index < -0.39 is 14.8 Å². The highest BCUT2D eigenvalue weighted by molar-refractivity contribution is 7.94. The zero-order valence-electron chi connectivity index (χ0n) is 11.1. The Morgan fingerprint density at radius 2 is 1.83 bits per heavy atom. The number of rotatable bonds is 1.